The Hall–Kier alpha value is -2.68. The predicted octanol–water partition coefficient (Wildman–Crippen LogP) is 3.16. The van der Waals surface area contributed by atoms with Gasteiger partial charge >= 0.3 is 0 Å². The molecule has 0 aliphatic heterocycles. The predicted molar refractivity (Wildman–Crippen MR) is 108 cm³/mol. The largest absolute Gasteiger partial charge is 0.481 e. The average molecular weight is 420 g/mol. The molecule has 3 rings (SSSR count). The fourth-order valence-electron chi connectivity index (χ4n) is 2.49. The van der Waals surface area contributed by atoms with Gasteiger partial charge in [0.15, 0.2) is 6.61 Å². The highest BCUT2D eigenvalue weighted by atomic mass is 35.5. The third kappa shape index (κ3) is 4.24. The van der Waals surface area contributed by atoms with Crippen molar-refractivity contribution in [3.05, 3.63) is 59.8 Å². The first-order valence-corrected chi connectivity index (χ1v) is 10.1. The summed E-state index contributed by atoms with van der Waals surface area (Å²) in [6.07, 6.45) is 1.62. The Bertz CT molecular complexity index is 1120. The molecule has 0 spiro atoms. The van der Waals surface area contributed by atoms with Crippen molar-refractivity contribution < 1.29 is 17.9 Å². The number of anilines is 1. The summed E-state index contributed by atoms with van der Waals surface area (Å²) in [5.41, 5.74) is 1.03. The van der Waals surface area contributed by atoms with E-state index in [1.807, 2.05) is 6.07 Å². The first-order chi connectivity index (χ1) is 13.3. The van der Waals surface area contributed by atoms with Crippen LogP contribution in [0.1, 0.15) is 0 Å². The Labute approximate surface area is 167 Å². The fourth-order valence-corrected chi connectivity index (χ4v) is 3.61. The molecule has 1 N–H and O–H groups in total. The fraction of sp³-hybridized carbons (Fsp3) is 0.158. The summed E-state index contributed by atoms with van der Waals surface area (Å²) in [6.45, 7) is -0.231. The van der Waals surface area contributed by atoms with Gasteiger partial charge in [-0.1, -0.05) is 11.6 Å². The van der Waals surface area contributed by atoms with Crippen LogP contribution in [0.25, 0.3) is 10.9 Å². The standard InChI is InChI=1S/C19H18ClN3O4S/c1-23(2)28(25,26)14-7-5-13(6-8-14)22-18(24)12-27-17-10-9-16(20)15-4-3-11-21-19(15)17/h3-11H,12H2,1-2H3,(H,22,24). The number of fused-ring (bicyclic) bond motifs is 1. The van der Waals surface area contributed by atoms with E-state index in [4.69, 9.17) is 16.3 Å². The molecule has 1 amide bonds. The lowest BCUT2D eigenvalue weighted by Gasteiger charge is -2.12. The topological polar surface area (TPSA) is 88.6 Å². The second kappa shape index (κ2) is 8.14. The Kier molecular flexibility index (Phi) is 5.83. The smallest absolute Gasteiger partial charge is 0.262 e. The highest BCUT2D eigenvalue weighted by molar-refractivity contribution is 7.89. The van der Waals surface area contributed by atoms with Crippen molar-refractivity contribution in [3.63, 3.8) is 0 Å². The van der Waals surface area contributed by atoms with Crippen LogP contribution >= 0.6 is 11.6 Å². The van der Waals surface area contributed by atoms with E-state index in [0.717, 1.165) is 9.69 Å². The number of aromatic nitrogens is 1. The van der Waals surface area contributed by atoms with Crippen LogP contribution < -0.4 is 10.1 Å². The molecule has 1 aromatic heterocycles. The molecule has 0 unspecified atom stereocenters. The van der Waals surface area contributed by atoms with E-state index in [9.17, 15) is 13.2 Å². The molecule has 28 heavy (non-hydrogen) atoms. The second-order valence-corrected chi connectivity index (χ2v) is 8.65. The minimum atomic E-state index is -3.51. The summed E-state index contributed by atoms with van der Waals surface area (Å²) in [6, 6.07) is 12.8. The minimum Gasteiger partial charge on any atom is -0.481 e. The normalized spacial score (nSPS) is 11.6. The molecular formula is C19H18ClN3O4S. The van der Waals surface area contributed by atoms with Crippen molar-refractivity contribution in [2.24, 2.45) is 0 Å². The Morgan fingerprint density at radius 3 is 2.54 bits per heavy atom. The molecule has 0 saturated carbocycles. The number of pyridine rings is 1. The van der Waals surface area contributed by atoms with E-state index in [0.29, 0.717) is 22.0 Å². The molecule has 3 aromatic rings. The molecule has 0 atom stereocenters. The summed E-state index contributed by atoms with van der Waals surface area (Å²) in [4.78, 5) is 16.6. The molecule has 7 nitrogen and oxygen atoms in total. The number of nitrogens with zero attached hydrogens (tertiary/aromatic N) is 2. The summed E-state index contributed by atoms with van der Waals surface area (Å²) < 4.78 is 30.8. The minimum absolute atomic E-state index is 0.144. The molecule has 0 fully saturated rings. The number of halogens is 1. The van der Waals surface area contributed by atoms with Gasteiger partial charge in [0.25, 0.3) is 5.91 Å². The molecule has 146 valence electrons. The molecule has 0 aliphatic carbocycles. The number of sulfonamides is 1. The highest BCUT2D eigenvalue weighted by Crippen LogP contribution is 2.29. The van der Waals surface area contributed by atoms with Gasteiger partial charge in [0.2, 0.25) is 10.0 Å². The second-order valence-electron chi connectivity index (χ2n) is 6.09. The van der Waals surface area contributed by atoms with Crippen LogP contribution in [0.2, 0.25) is 5.02 Å². The quantitative estimate of drug-likeness (QED) is 0.663. The van der Waals surface area contributed by atoms with Gasteiger partial charge in [0, 0.05) is 31.4 Å². The summed E-state index contributed by atoms with van der Waals surface area (Å²) in [7, 11) is -0.602. The lowest BCUT2D eigenvalue weighted by atomic mass is 10.2. The number of ether oxygens (including phenoxy) is 1. The van der Waals surface area contributed by atoms with Crippen LogP contribution in [-0.4, -0.2) is 44.3 Å². The molecule has 0 saturated heterocycles. The van der Waals surface area contributed by atoms with Crippen molar-refractivity contribution >= 4 is 44.1 Å². The molecule has 1 heterocycles. The van der Waals surface area contributed by atoms with Gasteiger partial charge in [-0.05, 0) is 48.5 Å². The molecule has 0 bridgehead atoms. The van der Waals surface area contributed by atoms with Gasteiger partial charge in [-0.25, -0.2) is 12.7 Å². The van der Waals surface area contributed by atoms with Crippen molar-refractivity contribution in [2.45, 2.75) is 4.90 Å². The van der Waals surface area contributed by atoms with E-state index < -0.39 is 10.0 Å². The highest BCUT2D eigenvalue weighted by Gasteiger charge is 2.17. The SMILES string of the molecule is CN(C)S(=O)(=O)c1ccc(NC(=O)COc2ccc(Cl)c3cccnc23)cc1. The Morgan fingerprint density at radius 2 is 1.86 bits per heavy atom. The number of nitrogens with one attached hydrogen (secondary N) is 1. The number of amides is 1. The zero-order chi connectivity index (χ0) is 20.3. The van der Waals surface area contributed by atoms with Crippen LogP contribution in [-0.2, 0) is 14.8 Å². The summed E-state index contributed by atoms with van der Waals surface area (Å²) in [5.74, 6) is 0.0600. The summed E-state index contributed by atoms with van der Waals surface area (Å²) >= 11 is 6.14. The number of rotatable bonds is 6. The van der Waals surface area contributed by atoms with Gasteiger partial charge in [0.1, 0.15) is 11.3 Å². The third-order valence-corrected chi connectivity index (χ3v) is 6.11. The zero-order valence-electron chi connectivity index (χ0n) is 15.2. The average Bonchev–Trinajstić information content (AvgIpc) is 2.68. The van der Waals surface area contributed by atoms with Crippen molar-refractivity contribution in [1.29, 1.82) is 0 Å². The van der Waals surface area contributed by atoms with E-state index >= 15 is 0 Å². The molecule has 2 aromatic carbocycles. The molecule has 9 heteroatoms. The van der Waals surface area contributed by atoms with Crippen LogP contribution in [0.5, 0.6) is 5.75 Å². The lowest BCUT2D eigenvalue weighted by Crippen LogP contribution is -2.22. The van der Waals surface area contributed by atoms with Crippen molar-refractivity contribution in [2.75, 3.05) is 26.0 Å². The van der Waals surface area contributed by atoms with Gasteiger partial charge in [-0.3, -0.25) is 9.78 Å². The van der Waals surface area contributed by atoms with E-state index in [2.05, 4.69) is 10.3 Å². The molecular weight excluding hydrogens is 402 g/mol. The first-order valence-electron chi connectivity index (χ1n) is 8.27. The third-order valence-electron chi connectivity index (χ3n) is 3.95. The number of benzene rings is 2. The zero-order valence-corrected chi connectivity index (χ0v) is 16.8. The molecule has 0 aliphatic rings. The molecule has 0 radical (unpaired) electrons. The van der Waals surface area contributed by atoms with Gasteiger partial charge in [0.05, 0.1) is 9.92 Å². The van der Waals surface area contributed by atoms with Crippen LogP contribution in [0.3, 0.4) is 0 Å². The van der Waals surface area contributed by atoms with Crippen LogP contribution in [0.15, 0.2) is 59.6 Å². The van der Waals surface area contributed by atoms with Crippen molar-refractivity contribution in [3.8, 4) is 5.75 Å². The van der Waals surface area contributed by atoms with Gasteiger partial charge in [-0.2, -0.15) is 0 Å². The maximum atomic E-state index is 12.2. The Morgan fingerprint density at radius 1 is 1.14 bits per heavy atom. The maximum Gasteiger partial charge on any atom is 0.262 e. The van der Waals surface area contributed by atoms with Crippen LogP contribution in [0.4, 0.5) is 5.69 Å². The van der Waals surface area contributed by atoms with E-state index in [1.54, 1.807) is 24.4 Å². The van der Waals surface area contributed by atoms with Gasteiger partial charge in [-0.15, -0.1) is 0 Å². The van der Waals surface area contributed by atoms with E-state index in [-0.39, 0.29) is 17.4 Å². The maximum absolute atomic E-state index is 12.2. The number of hydrogen-bond acceptors (Lipinski definition) is 5. The number of hydrogen-bond donors (Lipinski definition) is 1. The van der Waals surface area contributed by atoms with Crippen LogP contribution in [0, 0.1) is 0 Å². The monoisotopic (exact) mass is 419 g/mol. The van der Waals surface area contributed by atoms with Gasteiger partial charge < -0.3 is 10.1 Å². The van der Waals surface area contributed by atoms with Crippen molar-refractivity contribution in [1.82, 2.24) is 9.29 Å². The number of carbonyl (C=O) groups excluding carboxylic acids is 1. The number of carbonyl (C=O) groups is 1. The summed E-state index contributed by atoms with van der Waals surface area (Å²) in [5, 5.41) is 3.95. The Balaban J connectivity index is 1.66. The first kappa shape index (κ1) is 20.1. The van der Waals surface area contributed by atoms with E-state index in [1.165, 1.54) is 38.4 Å². The lowest BCUT2D eigenvalue weighted by molar-refractivity contribution is -0.118.